The van der Waals surface area contributed by atoms with Crippen molar-refractivity contribution in [2.45, 2.75) is 5.75 Å². The van der Waals surface area contributed by atoms with Crippen molar-refractivity contribution in [3.63, 3.8) is 0 Å². The molecule has 0 saturated heterocycles. The number of thiol groups is 1. The fourth-order valence-corrected chi connectivity index (χ4v) is 2.72. The zero-order chi connectivity index (χ0) is 15.5. The molecule has 0 radical (unpaired) electrons. The van der Waals surface area contributed by atoms with Crippen molar-refractivity contribution in [1.82, 2.24) is 14.5 Å². The van der Waals surface area contributed by atoms with Crippen molar-refractivity contribution in [2.75, 3.05) is 0 Å². The van der Waals surface area contributed by atoms with E-state index in [4.69, 9.17) is 11.6 Å². The number of pyridine rings is 1. The second-order valence-corrected chi connectivity index (χ2v) is 6.09. The first-order valence-electron chi connectivity index (χ1n) is 6.49. The molecule has 0 spiro atoms. The molecule has 3 rings (SSSR count). The van der Waals surface area contributed by atoms with Crippen LogP contribution in [0.4, 0.5) is 0 Å². The van der Waals surface area contributed by atoms with Crippen LogP contribution in [0.25, 0.3) is 17.1 Å². The minimum atomic E-state index is -2.45. The third kappa shape index (κ3) is 3.18. The number of hydrogen-bond donors (Lipinski definition) is 1. The Kier molecular flexibility index (Phi) is 4.22. The molecule has 0 amide bonds. The van der Waals surface area contributed by atoms with Crippen LogP contribution in [0.15, 0.2) is 55.1 Å². The van der Waals surface area contributed by atoms with Crippen molar-refractivity contribution < 1.29 is 8.42 Å². The molecule has 0 aliphatic rings. The van der Waals surface area contributed by atoms with Crippen molar-refractivity contribution in [3.8, 4) is 17.1 Å². The zero-order valence-corrected chi connectivity index (χ0v) is 13.0. The smallest absolute Gasteiger partial charge is 0.144 e. The van der Waals surface area contributed by atoms with Crippen LogP contribution in [0.3, 0.4) is 0 Å². The van der Waals surface area contributed by atoms with Gasteiger partial charge in [0.25, 0.3) is 0 Å². The molecule has 5 nitrogen and oxygen atoms in total. The van der Waals surface area contributed by atoms with E-state index in [1.165, 1.54) is 0 Å². The summed E-state index contributed by atoms with van der Waals surface area (Å²) in [6, 6.07) is 11.0. The average molecular weight is 334 g/mol. The van der Waals surface area contributed by atoms with Crippen LogP contribution in [0.2, 0.25) is 5.02 Å². The van der Waals surface area contributed by atoms with E-state index in [-0.39, 0.29) is 5.75 Å². The second kappa shape index (κ2) is 6.29. The van der Waals surface area contributed by atoms with Crippen LogP contribution in [0.1, 0.15) is 5.56 Å². The first kappa shape index (κ1) is 14.7. The molecule has 7 heteroatoms. The summed E-state index contributed by atoms with van der Waals surface area (Å²) in [6.45, 7) is 0. The zero-order valence-electron chi connectivity index (χ0n) is 11.4. The standard InChI is InChI=1S/C15H12ClN3O2S/c16-13-4-2-12(3-5-13)14-8-17-10-19(14)15-6-1-11(7-18-15)9-22(20)21/h1-8,10,22H,9H2. The highest BCUT2D eigenvalue weighted by atomic mass is 35.5. The van der Waals surface area contributed by atoms with Crippen LogP contribution in [0.5, 0.6) is 0 Å². The Balaban J connectivity index is 1.96. The van der Waals surface area contributed by atoms with Gasteiger partial charge in [0.15, 0.2) is 0 Å². The first-order valence-corrected chi connectivity index (χ1v) is 8.23. The van der Waals surface area contributed by atoms with Gasteiger partial charge in [-0.1, -0.05) is 29.8 Å². The summed E-state index contributed by atoms with van der Waals surface area (Å²) >= 11 is 5.90. The lowest BCUT2D eigenvalue weighted by atomic mass is 10.1. The average Bonchev–Trinajstić information content (AvgIpc) is 2.97. The summed E-state index contributed by atoms with van der Waals surface area (Å²) in [5.74, 6) is 0.670. The third-order valence-corrected chi connectivity index (χ3v) is 4.02. The van der Waals surface area contributed by atoms with Gasteiger partial charge in [-0.05, 0) is 23.8 Å². The Bertz CT molecular complexity index is 847. The van der Waals surface area contributed by atoms with E-state index in [9.17, 15) is 8.42 Å². The quantitative estimate of drug-likeness (QED) is 0.746. The van der Waals surface area contributed by atoms with Crippen molar-refractivity contribution in [3.05, 3.63) is 65.7 Å². The summed E-state index contributed by atoms with van der Waals surface area (Å²) in [5, 5.41) is 0.670. The van der Waals surface area contributed by atoms with E-state index in [1.54, 1.807) is 30.9 Å². The highest BCUT2D eigenvalue weighted by Crippen LogP contribution is 2.23. The molecule has 0 aliphatic carbocycles. The summed E-state index contributed by atoms with van der Waals surface area (Å²) in [6.07, 6.45) is 4.97. The molecule has 22 heavy (non-hydrogen) atoms. The van der Waals surface area contributed by atoms with E-state index in [1.807, 2.05) is 28.8 Å². The molecule has 0 saturated carbocycles. The van der Waals surface area contributed by atoms with Gasteiger partial charge < -0.3 is 0 Å². The van der Waals surface area contributed by atoms with Crippen LogP contribution in [-0.2, 0) is 16.5 Å². The molecule has 0 aliphatic heterocycles. The van der Waals surface area contributed by atoms with E-state index in [0.717, 1.165) is 11.3 Å². The lowest BCUT2D eigenvalue weighted by Gasteiger charge is -2.08. The normalized spacial score (nSPS) is 11.0. The predicted octanol–water partition coefficient (Wildman–Crippen LogP) is 2.70. The molecule has 0 atom stereocenters. The second-order valence-electron chi connectivity index (χ2n) is 4.67. The van der Waals surface area contributed by atoms with Gasteiger partial charge in [-0.15, -0.1) is 0 Å². The van der Waals surface area contributed by atoms with Gasteiger partial charge in [-0.3, -0.25) is 4.57 Å². The third-order valence-electron chi connectivity index (χ3n) is 3.15. The van der Waals surface area contributed by atoms with Crippen molar-refractivity contribution >= 4 is 22.3 Å². The molecule has 2 aromatic heterocycles. The number of nitrogens with zero attached hydrogens (tertiary/aromatic N) is 3. The Morgan fingerprint density at radius 3 is 2.45 bits per heavy atom. The lowest BCUT2D eigenvalue weighted by molar-refractivity contribution is 0.614. The molecule has 112 valence electrons. The Morgan fingerprint density at radius 2 is 1.82 bits per heavy atom. The highest BCUT2D eigenvalue weighted by molar-refractivity contribution is 7.71. The minimum absolute atomic E-state index is 0.00339. The maximum atomic E-state index is 10.7. The molecule has 0 fully saturated rings. The Hall–Kier alpha value is -2.18. The van der Waals surface area contributed by atoms with Crippen LogP contribution >= 0.6 is 11.6 Å². The number of hydrogen-bond acceptors (Lipinski definition) is 4. The molecule has 3 aromatic rings. The van der Waals surface area contributed by atoms with Gasteiger partial charge in [0.2, 0.25) is 0 Å². The summed E-state index contributed by atoms with van der Waals surface area (Å²) in [7, 11) is -2.45. The van der Waals surface area contributed by atoms with E-state index in [0.29, 0.717) is 16.4 Å². The van der Waals surface area contributed by atoms with Gasteiger partial charge in [0.05, 0.1) is 17.6 Å². The topological polar surface area (TPSA) is 64.8 Å². The lowest BCUT2D eigenvalue weighted by Crippen LogP contribution is -1.99. The molecule has 0 N–H and O–H groups in total. The van der Waals surface area contributed by atoms with Gasteiger partial charge in [-0.2, -0.15) is 0 Å². The summed E-state index contributed by atoms with van der Waals surface area (Å²) in [5.41, 5.74) is 2.51. The van der Waals surface area contributed by atoms with E-state index < -0.39 is 10.7 Å². The molecule has 0 bridgehead atoms. The molecule has 1 aromatic carbocycles. The monoisotopic (exact) mass is 333 g/mol. The predicted molar refractivity (Wildman–Crippen MR) is 85.8 cm³/mol. The van der Waals surface area contributed by atoms with Crippen LogP contribution in [-0.4, -0.2) is 23.0 Å². The van der Waals surface area contributed by atoms with Gasteiger partial charge >= 0.3 is 0 Å². The van der Waals surface area contributed by atoms with Gasteiger partial charge in [-0.25, -0.2) is 18.4 Å². The van der Waals surface area contributed by atoms with E-state index >= 15 is 0 Å². The fraction of sp³-hybridized carbons (Fsp3) is 0.0667. The highest BCUT2D eigenvalue weighted by Gasteiger charge is 2.08. The number of benzene rings is 1. The minimum Gasteiger partial charge on any atom is -0.283 e. The van der Waals surface area contributed by atoms with Crippen molar-refractivity contribution in [1.29, 1.82) is 0 Å². The largest absolute Gasteiger partial charge is 0.283 e. The van der Waals surface area contributed by atoms with Crippen LogP contribution < -0.4 is 0 Å². The maximum Gasteiger partial charge on any atom is 0.144 e. The van der Waals surface area contributed by atoms with Crippen molar-refractivity contribution in [2.24, 2.45) is 0 Å². The molecular formula is C15H12ClN3O2S. The first-order chi connectivity index (χ1) is 10.6. The number of halogens is 1. The summed E-state index contributed by atoms with van der Waals surface area (Å²) in [4.78, 5) is 8.47. The Labute approximate surface area is 134 Å². The van der Waals surface area contributed by atoms with Crippen LogP contribution in [0, 0.1) is 0 Å². The van der Waals surface area contributed by atoms with Gasteiger partial charge in [0, 0.05) is 16.8 Å². The SMILES string of the molecule is O=[SH](=O)Cc1ccc(-n2cncc2-c2ccc(Cl)cc2)nc1. The number of rotatable bonds is 4. The Morgan fingerprint density at radius 1 is 1.05 bits per heavy atom. The molecular weight excluding hydrogens is 322 g/mol. The maximum absolute atomic E-state index is 10.7. The van der Waals surface area contributed by atoms with E-state index in [2.05, 4.69) is 9.97 Å². The fourth-order valence-electron chi connectivity index (χ4n) is 2.11. The number of aromatic nitrogens is 3. The van der Waals surface area contributed by atoms with Gasteiger partial charge in [0.1, 0.15) is 22.8 Å². The molecule has 2 heterocycles. The molecule has 0 unspecified atom stereocenters. The summed E-state index contributed by atoms with van der Waals surface area (Å²) < 4.78 is 23.3. The number of imidazole rings is 1.